The first-order chi connectivity index (χ1) is 13.0. The van der Waals surface area contributed by atoms with Gasteiger partial charge in [-0.15, -0.1) is 0 Å². The van der Waals surface area contributed by atoms with Crippen molar-refractivity contribution in [2.75, 3.05) is 39.2 Å². The summed E-state index contributed by atoms with van der Waals surface area (Å²) >= 11 is 0. The van der Waals surface area contributed by atoms with E-state index in [4.69, 9.17) is 9.47 Å². The molecule has 27 heavy (non-hydrogen) atoms. The normalized spacial score (nSPS) is 22.5. The van der Waals surface area contributed by atoms with Gasteiger partial charge in [-0.25, -0.2) is 9.18 Å². The van der Waals surface area contributed by atoms with Crippen LogP contribution in [0.1, 0.15) is 25.7 Å². The van der Waals surface area contributed by atoms with Crippen molar-refractivity contribution in [1.29, 1.82) is 0 Å². The first kappa shape index (κ1) is 19.3. The van der Waals surface area contributed by atoms with Crippen LogP contribution in [0.3, 0.4) is 0 Å². The number of nitrogens with one attached hydrogen (secondary N) is 1. The van der Waals surface area contributed by atoms with Crippen LogP contribution in [-0.2, 0) is 4.79 Å². The molecule has 0 aromatic heterocycles. The number of halogens is 1. The number of ether oxygens (including phenoxy) is 2. The summed E-state index contributed by atoms with van der Waals surface area (Å²) in [5, 5.41) is 2.73. The number of methoxy groups -OCH3 is 2. The molecule has 2 atom stereocenters. The molecular weight excluding hydrogens is 353 g/mol. The van der Waals surface area contributed by atoms with E-state index in [9.17, 15) is 14.0 Å². The van der Waals surface area contributed by atoms with Crippen LogP contribution in [0.4, 0.5) is 14.9 Å². The van der Waals surface area contributed by atoms with E-state index in [0.29, 0.717) is 30.3 Å². The maximum atomic E-state index is 14.1. The molecule has 2 aliphatic heterocycles. The number of urea groups is 1. The Balaban J connectivity index is 1.75. The number of amides is 3. The summed E-state index contributed by atoms with van der Waals surface area (Å²) in [6, 6.07) is 3.73. The number of hydrogen-bond acceptors (Lipinski definition) is 4. The van der Waals surface area contributed by atoms with Gasteiger partial charge in [0.05, 0.1) is 26.5 Å². The summed E-state index contributed by atoms with van der Waals surface area (Å²) in [6.07, 6.45) is 1.83. The van der Waals surface area contributed by atoms with Gasteiger partial charge in [0.2, 0.25) is 5.91 Å². The van der Waals surface area contributed by atoms with Gasteiger partial charge in [0.25, 0.3) is 0 Å². The molecule has 1 aromatic rings. The number of rotatable bonds is 4. The molecule has 0 radical (unpaired) electrons. The van der Waals surface area contributed by atoms with Crippen molar-refractivity contribution in [1.82, 2.24) is 9.80 Å². The van der Waals surface area contributed by atoms with E-state index in [1.807, 2.05) is 0 Å². The molecule has 2 fully saturated rings. The molecule has 1 aromatic carbocycles. The molecule has 2 heterocycles. The van der Waals surface area contributed by atoms with Gasteiger partial charge in [0.1, 0.15) is 23.7 Å². The third kappa shape index (κ3) is 4.26. The summed E-state index contributed by atoms with van der Waals surface area (Å²) in [5.41, 5.74) is 0.410. The lowest BCUT2D eigenvalue weighted by Gasteiger charge is -2.32. The van der Waals surface area contributed by atoms with Gasteiger partial charge < -0.3 is 24.6 Å². The van der Waals surface area contributed by atoms with E-state index in [0.717, 1.165) is 19.3 Å². The highest BCUT2D eigenvalue weighted by molar-refractivity contribution is 5.95. The van der Waals surface area contributed by atoms with Crippen LogP contribution >= 0.6 is 0 Å². The minimum atomic E-state index is -1.21. The fraction of sp³-hybridized carbons (Fsp3) is 0.579. The molecule has 2 aliphatic rings. The molecule has 3 amide bonds. The van der Waals surface area contributed by atoms with Gasteiger partial charge in [-0.2, -0.15) is 0 Å². The van der Waals surface area contributed by atoms with Crippen LogP contribution in [0.2, 0.25) is 0 Å². The summed E-state index contributed by atoms with van der Waals surface area (Å²) in [5.74, 6) is 0.846. The maximum absolute atomic E-state index is 14.1. The average molecular weight is 379 g/mol. The topological polar surface area (TPSA) is 71.1 Å². The van der Waals surface area contributed by atoms with Crippen molar-refractivity contribution in [3.63, 3.8) is 0 Å². The Bertz CT molecular complexity index is 694. The van der Waals surface area contributed by atoms with Crippen molar-refractivity contribution in [2.45, 2.75) is 37.9 Å². The number of nitrogens with zero attached hydrogens (tertiary/aromatic N) is 2. The van der Waals surface area contributed by atoms with E-state index in [2.05, 4.69) is 5.32 Å². The molecule has 3 rings (SSSR count). The van der Waals surface area contributed by atoms with Crippen molar-refractivity contribution in [3.05, 3.63) is 18.2 Å². The van der Waals surface area contributed by atoms with E-state index in [1.165, 1.54) is 19.1 Å². The third-order valence-corrected chi connectivity index (χ3v) is 5.11. The number of alkyl halides is 1. The SMILES string of the molecule is COc1ccc(OC)c(NC(=O)N2C[C@@H](F)C[C@H]2C(=O)N2CCCCC2)c1. The molecular formula is C19H26FN3O4. The Morgan fingerprint density at radius 1 is 1.15 bits per heavy atom. The van der Waals surface area contributed by atoms with Gasteiger partial charge in [0.15, 0.2) is 0 Å². The first-order valence-electron chi connectivity index (χ1n) is 9.26. The molecule has 2 saturated heterocycles. The lowest BCUT2D eigenvalue weighted by atomic mass is 10.1. The molecule has 0 unspecified atom stereocenters. The fourth-order valence-corrected chi connectivity index (χ4v) is 3.67. The van der Waals surface area contributed by atoms with Crippen LogP contribution in [0.25, 0.3) is 0 Å². The van der Waals surface area contributed by atoms with Crippen molar-refractivity contribution >= 4 is 17.6 Å². The summed E-state index contributed by atoms with van der Waals surface area (Å²) in [4.78, 5) is 28.7. The average Bonchev–Trinajstić information content (AvgIpc) is 3.09. The largest absolute Gasteiger partial charge is 0.497 e. The van der Waals surface area contributed by atoms with Crippen molar-refractivity contribution < 1.29 is 23.5 Å². The van der Waals surface area contributed by atoms with Gasteiger partial charge in [0, 0.05) is 25.6 Å². The summed E-state index contributed by atoms with van der Waals surface area (Å²) < 4.78 is 24.5. The lowest BCUT2D eigenvalue weighted by Crippen LogP contribution is -2.50. The second-order valence-electron chi connectivity index (χ2n) is 6.88. The smallest absolute Gasteiger partial charge is 0.322 e. The van der Waals surface area contributed by atoms with Gasteiger partial charge >= 0.3 is 6.03 Å². The Kier molecular flexibility index (Phi) is 6.03. The molecule has 1 N–H and O–H groups in total. The second-order valence-corrected chi connectivity index (χ2v) is 6.88. The highest BCUT2D eigenvalue weighted by Crippen LogP contribution is 2.30. The van der Waals surface area contributed by atoms with Crippen LogP contribution in [-0.4, -0.2) is 67.8 Å². The number of likely N-dealkylation sites (tertiary alicyclic amines) is 2. The Labute approximate surface area is 158 Å². The zero-order chi connectivity index (χ0) is 19.4. The summed E-state index contributed by atoms with van der Waals surface area (Å²) in [6.45, 7) is 1.25. The molecule has 0 aliphatic carbocycles. The van der Waals surface area contributed by atoms with E-state index in [-0.39, 0.29) is 18.9 Å². The monoisotopic (exact) mass is 379 g/mol. The van der Waals surface area contributed by atoms with Gasteiger partial charge in [-0.1, -0.05) is 0 Å². The lowest BCUT2D eigenvalue weighted by molar-refractivity contribution is -0.136. The number of anilines is 1. The minimum absolute atomic E-state index is 0.0397. The third-order valence-electron chi connectivity index (χ3n) is 5.11. The predicted octanol–water partition coefficient (Wildman–Crippen LogP) is 2.66. The maximum Gasteiger partial charge on any atom is 0.322 e. The Hall–Kier alpha value is -2.51. The molecule has 7 nitrogen and oxygen atoms in total. The van der Waals surface area contributed by atoms with E-state index in [1.54, 1.807) is 23.1 Å². The molecule has 8 heteroatoms. The number of carbonyl (C=O) groups excluding carboxylic acids is 2. The van der Waals surface area contributed by atoms with E-state index >= 15 is 0 Å². The first-order valence-corrected chi connectivity index (χ1v) is 9.26. The quantitative estimate of drug-likeness (QED) is 0.873. The summed E-state index contributed by atoms with van der Waals surface area (Å²) in [7, 11) is 3.02. The highest BCUT2D eigenvalue weighted by atomic mass is 19.1. The Morgan fingerprint density at radius 3 is 2.56 bits per heavy atom. The second kappa shape index (κ2) is 8.45. The van der Waals surface area contributed by atoms with Crippen molar-refractivity contribution in [3.8, 4) is 11.5 Å². The van der Waals surface area contributed by atoms with Crippen LogP contribution in [0.5, 0.6) is 11.5 Å². The standard InChI is InChI=1S/C19H26FN3O4/c1-26-14-6-7-17(27-2)15(11-14)21-19(25)23-12-13(20)10-16(23)18(24)22-8-4-3-5-9-22/h6-7,11,13,16H,3-5,8-10,12H2,1-2H3,(H,21,25)/t13-,16-/m0/s1. The predicted molar refractivity (Wildman–Crippen MR) is 99.0 cm³/mol. The zero-order valence-corrected chi connectivity index (χ0v) is 15.7. The molecule has 0 spiro atoms. The highest BCUT2D eigenvalue weighted by Gasteiger charge is 2.42. The zero-order valence-electron chi connectivity index (χ0n) is 15.7. The van der Waals surface area contributed by atoms with Gasteiger partial charge in [-0.3, -0.25) is 4.79 Å². The van der Waals surface area contributed by atoms with Crippen molar-refractivity contribution in [2.24, 2.45) is 0 Å². The van der Waals surface area contributed by atoms with Gasteiger partial charge in [-0.05, 0) is 31.4 Å². The molecule has 0 saturated carbocycles. The molecule has 0 bridgehead atoms. The molecule has 148 valence electrons. The van der Waals surface area contributed by atoms with E-state index < -0.39 is 18.2 Å². The fourth-order valence-electron chi connectivity index (χ4n) is 3.67. The number of carbonyl (C=O) groups is 2. The number of benzene rings is 1. The number of hydrogen-bond donors (Lipinski definition) is 1. The Morgan fingerprint density at radius 2 is 1.89 bits per heavy atom. The number of piperidine rings is 1. The minimum Gasteiger partial charge on any atom is -0.497 e. The van der Waals surface area contributed by atoms with Crippen LogP contribution < -0.4 is 14.8 Å². The van der Waals surface area contributed by atoms with Crippen LogP contribution in [0, 0.1) is 0 Å². The van der Waals surface area contributed by atoms with Crippen LogP contribution in [0.15, 0.2) is 18.2 Å².